The summed E-state index contributed by atoms with van der Waals surface area (Å²) in [5, 5.41) is 4.55. The number of rotatable bonds is 4. The fourth-order valence-corrected chi connectivity index (χ4v) is 2.28. The molecule has 2 rings (SSSR count). The van der Waals surface area contributed by atoms with Crippen molar-refractivity contribution in [1.29, 1.82) is 0 Å². The third-order valence-corrected chi connectivity index (χ3v) is 3.33. The average molecular weight is 271 g/mol. The number of anilines is 1. The lowest BCUT2D eigenvalue weighted by atomic mass is 10.0. The van der Waals surface area contributed by atoms with Crippen molar-refractivity contribution >= 4 is 12.1 Å². The van der Waals surface area contributed by atoms with Crippen molar-refractivity contribution in [2.45, 2.75) is 34.2 Å². The molecule has 0 amide bonds. The summed E-state index contributed by atoms with van der Waals surface area (Å²) >= 11 is 0. The number of hydrogen-bond donors (Lipinski definition) is 1. The molecule has 0 saturated carbocycles. The highest BCUT2D eigenvalue weighted by molar-refractivity contribution is 5.92. The summed E-state index contributed by atoms with van der Waals surface area (Å²) in [7, 11) is 0. The molecule has 1 aromatic carbocycles. The summed E-state index contributed by atoms with van der Waals surface area (Å²) in [4.78, 5) is 11.4. The average Bonchev–Trinajstić information content (AvgIpc) is 2.68. The molecule has 4 heteroatoms. The number of nitrogen functional groups attached to an aromatic ring is 1. The summed E-state index contributed by atoms with van der Waals surface area (Å²) < 4.78 is 1.73. The fraction of sp³-hybridized carbons (Fsp3) is 0.375. The van der Waals surface area contributed by atoms with Gasteiger partial charge in [-0.2, -0.15) is 5.10 Å². The van der Waals surface area contributed by atoms with E-state index in [0.29, 0.717) is 29.5 Å². The largest absolute Gasteiger partial charge is 0.383 e. The second-order valence-electron chi connectivity index (χ2n) is 5.66. The Kier molecular flexibility index (Phi) is 3.93. The molecule has 0 saturated heterocycles. The Balaban J connectivity index is 2.61. The predicted molar refractivity (Wildman–Crippen MR) is 81.8 cm³/mol. The van der Waals surface area contributed by atoms with Gasteiger partial charge in [0.15, 0.2) is 6.29 Å². The minimum atomic E-state index is 0.420. The molecule has 0 unspecified atom stereocenters. The molecule has 0 spiro atoms. The third-order valence-electron chi connectivity index (χ3n) is 3.33. The summed E-state index contributed by atoms with van der Waals surface area (Å²) in [6, 6.07) is 6.13. The van der Waals surface area contributed by atoms with Crippen LogP contribution in [0.3, 0.4) is 0 Å². The molecule has 0 aliphatic carbocycles. The van der Waals surface area contributed by atoms with Gasteiger partial charge in [-0.05, 0) is 31.4 Å². The van der Waals surface area contributed by atoms with Crippen LogP contribution in [0.15, 0.2) is 18.2 Å². The molecule has 0 atom stereocenters. The van der Waals surface area contributed by atoms with Gasteiger partial charge in [-0.15, -0.1) is 0 Å². The predicted octanol–water partition coefficient (Wildman–Crippen LogP) is 3.22. The summed E-state index contributed by atoms with van der Waals surface area (Å²) in [5.74, 6) is 0.868. The molecule has 20 heavy (non-hydrogen) atoms. The maximum Gasteiger partial charge on any atom is 0.156 e. The lowest BCUT2D eigenvalue weighted by molar-refractivity contribution is 0.112. The zero-order valence-electron chi connectivity index (χ0n) is 12.5. The van der Waals surface area contributed by atoms with E-state index in [0.717, 1.165) is 23.0 Å². The van der Waals surface area contributed by atoms with Crippen molar-refractivity contribution < 1.29 is 4.79 Å². The number of carbonyl (C=O) groups excluding carboxylic acids is 1. The first kappa shape index (κ1) is 14.3. The van der Waals surface area contributed by atoms with Crippen LogP contribution in [0.4, 0.5) is 5.82 Å². The van der Waals surface area contributed by atoms with Crippen LogP contribution >= 0.6 is 0 Å². The second-order valence-corrected chi connectivity index (χ2v) is 5.66. The Bertz CT molecular complexity index is 641. The SMILES string of the molecule is Cc1ccc(C)c(-c2nn(CC(C)C)c(N)c2C=O)c1. The van der Waals surface area contributed by atoms with E-state index in [1.165, 1.54) is 0 Å². The van der Waals surface area contributed by atoms with Gasteiger partial charge in [-0.1, -0.05) is 31.5 Å². The lowest BCUT2D eigenvalue weighted by Gasteiger charge is -2.06. The van der Waals surface area contributed by atoms with E-state index in [2.05, 4.69) is 18.9 Å². The molecule has 0 bridgehead atoms. The van der Waals surface area contributed by atoms with Crippen molar-refractivity contribution in [2.24, 2.45) is 5.92 Å². The number of benzene rings is 1. The maximum absolute atomic E-state index is 11.4. The Morgan fingerprint density at radius 1 is 1.35 bits per heavy atom. The molecule has 106 valence electrons. The minimum absolute atomic E-state index is 0.420. The number of aromatic nitrogens is 2. The van der Waals surface area contributed by atoms with Gasteiger partial charge in [0.05, 0.1) is 5.56 Å². The quantitative estimate of drug-likeness (QED) is 0.868. The Morgan fingerprint density at radius 3 is 2.65 bits per heavy atom. The lowest BCUT2D eigenvalue weighted by Crippen LogP contribution is -2.09. The maximum atomic E-state index is 11.4. The van der Waals surface area contributed by atoms with Gasteiger partial charge < -0.3 is 5.73 Å². The number of nitrogens with zero attached hydrogens (tertiary/aromatic N) is 2. The molecular weight excluding hydrogens is 250 g/mol. The molecule has 4 nitrogen and oxygen atoms in total. The number of nitrogens with two attached hydrogens (primary N) is 1. The van der Waals surface area contributed by atoms with E-state index in [4.69, 9.17) is 5.73 Å². The first-order valence-corrected chi connectivity index (χ1v) is 6.83. The molecule has 2 N–H and O–H groups in total. The fourth-order valence-electron chi connectivity index (χ4n) is 2.28. The normalized spacial score (nSPS) is 11.1. The molecule has 1 aromatic heterocycles. The van der Waals surface area contributed by atoms with Crippen molar-refractivity contribution in [1.82, 2.24) is 9.78 Å². The van der Waals surface area contributed by atoms with Crippen molar-refractivity contribution in [3.63, 3.8) is 0 Å². The van der Waals surface area contributed by atoms with E-state index >= 15 is 0 Å². The molecule has 0 radical (unpaired) electrons. The van der Waals surface area contributed by atoms with Crippen LogP contribution in [0.25, 0.3) is 11.3 Å². The van der Waals surface area contributed by atoms with Crippen LogP contribution in [0, 0.1) is 19.8 Å². The number of hydrogen-bond acceptors (Lipinski definition) is 3. The second kappa shape index (κ2) is 5.49. The topological polar surface area (TPSA) is 60.9 Å². The standard InChI is InChI=1S/C16H21N3O/c1-10(2)8-19-16(17)14(9-20)15(18-19)13-7-11(3)5-6-12(13)4/h5-7,9-10H,8,17H2,1-4H3. The molecule has 1 heterocycles. The first-order valence-electron chi connectivity index (χ1n) is 6.83. The van der Waals surface area contributed by atoms with Gasteiger partial charge in [-0.25, -0.2) is 4.68 Å². The number of carbonyl (C=O) groups is 1. The number of aryl methyl sites for hydroxylation is 2. The van der Waals surface area contributed by atoms with E-state index in [1.54, 1.807) is 4.68 Å². The smallest absolute Gasteiger partial charge is 0.156 e. The molecule has 0 fully saturated rings. The van der Waals surface area contributed by atoms with Crippen LogP contribution < -0.4 is 5.73 Å². The van der Waals surface area contributed by atoms with Gasteiger partial charge in [0.1, 0.15) is 11.5 Å². The van der Waals surface area contributed by atoms with Crippen molar-refractivity contribution in [3.05, 3.63) is 34.9 Å². The summed E-state index contributed by atoms with van der Waals surface area (Å²) in [6.07, 6.45) is 0.802. The molecular formula is C16H21N3O. The van der Waals surface area contributed by atoms with Crippen LogP contribution in [0.5, 0.6) is 0 Å². The third kappa shape index (κ3) is 2.59. The van der Waals surface area contributed by atoms with Crippen LogP contribution in [-0.4, -0.2) is 16.1 Å². The zero-order valence-corrected chi connectivity index (χ0v) is 12.5. The van der Waals surface area contributed by atoms with E-state index < -0.39 is 0 Å². The summed E-state index contributed by atoms with van der Waals surface area (Å²) in [5.41, 5.74) is 10.4. The zero-order chi connectivity index (χ0) is 14.9. The Morgan fingerprint density at radius 2 is 2.05 bits per heavy atom. The van der Waals surface area contributed by atoms with Gasteiger partial charge in [0.25, 0.3) is 0 Å². The van der Waals surface area contributed by atoms with E-state index in [9.17, 15) is 4.79 Å². The number of aldehydes is 1. The van der Waals surface area contributed by atoms with Gasteiger partial charge in [-0.3, -0.25) is 4.79 Å². The van der Waals surface area contributed by atoms with E-state index in [1.807, 2.05) is 32.0 Å². The van der Waals surface area contributed by atoms with Crippen LogP contribution in [-0.2, 0) is 6.54 Å². The van der Waals surface area contributed by atoms with Gasteiger partial charge >= 0.3 is 0 Å². The van der Waals surface area contributed by atoms with Crippen molar-refractivity contribution in [3.8, 4) is 11.3 Å². The molecule has 0 aliphatic heterocycles. The van der Waals surface area contributed by atoms with Crippen molar-refractivity contribution in [2.75, 3.05) is 5.73 Å². The highest BCUT2D eigenvalue weighted by Gasteiger charge is 2.18. The monoisotopic (exact) mass is 271 g/mol. The molecule has 0 aliphatic rings. The summed E-state index contributed by atoms with van der Waals surface area (Å²) in [6.45, 7) is 8.94. The van der Waals surface area contributed by atoms with Gasteiger partial charge in [0.2, 0.25) is 0 Å². The first-order chi connectivity index (χ1) is 9.43. The van der Waals surface area contributed by atoms with E-state index in [-0.39, 0.29) is 0 Å². The van der Waals surface area contributed by atoms with Crippen LogP contribution in [0.1, 0.15) is 35.3 Å². The van der Waals surface area contributed by atoms with Gasteiger partial charge in [0, 0.05) is 12.1 Å². The highest BCUT2D eigenvalue weighted by atomic mass is 16.1. The molecule has 2 aromatic rings. The highest BCUT2D eigenvalue weighted by Crippen LogP contribution is 2.29. The van der Waals surface area contributed by atoms with Crippen LogP contribution in [0.2, 0.25) is 0 Å². The minimum Gasteiger partial charge on any atom is -0.383 e. The Labute approximate surface area is 119 Å². The Hall–Kier alpha value is -2.10.